The summed E-state index contributed by atoms with van der Waals surface area (Å²) in [5, 5.41) is 12.3. The van der Waals surface area contributed by atoms with Gasteiger partial charge in [0, 0.05) is 29.7 Å². The Kier molecular flexibility index (Phi) is 3.25. The second-order valence-electron chi connectivity index (χ2n) is 5.09. The topological polar surface area (TPSA) is 40.8 Å². The van der Waals surface area contributed by atoms with E-state index in [9.17, 15) is 5.11 Å². The first-order valence-electron chi connectivity index (χ1n) is 5.68. The Bertz CT molecular complexity index is 472. The SMILES string of the molecule is CN(C)C(C)(C)C(O)Cc1cn2ccsc2n1. The average molecular weight is 253 g/mol. The van der Waals surface area contributed by atoms with Crippen LogP contribution in [0, 0.1) is 0 Å². The molecule has 0 radical (unpaired) electrons. The van der Waals surface area contributed by atoms with Crippen LogP contribution in [0.25, 0.3) is 4.96 Å². The Morgan fingerprint density at radius 1 is 1.53 bits per heavy atom. The molecular formula is C12H19N3OS. The number of fused-ring (bicyclic) bond motifs is 1. The van der Waals surface area contributed by atoms with Crippen LogP contribution in [0.2, 0.25) is 0 Å². The monoisotopic (exact) mass is 253 g/mol. The fourth-order valence-corrected chi connectivity index (χ4v) is 2.34. The molecular weight excluding hydrogens is 234 g/mol. The highest BCUT2D eigenvalue weighted by atomic mass is 32.1. The van der Waals surface area contributed by atoms with Gasteiger partial charge in [-0.1, -0.05) is 0 Å². The van der Waals surface area contributed by atoms with Crippen molar-refractivity contribution in [2.24, 2.45) is 0 Å². The van der Waals surface area contributed by atoms with E-state index >= 15 is 0 Å². The van der Waals surface area contributed by atoms with Gasteiger partial charge in [-0.05, 0) is 27.9 Å². The third kappa shape index (κ3) is 2.36. The van der Waals surface area contributed by atoms with Crippen molar-refractivity contribution < 1.29 is 5.11 Å². The number of aliphatic hydroxyl groups excluding tert-OH is 1. The predicted molar refractivity (Wildman–Crippen MR) is 70.5 cm³/mol. The minimum atomic E-state index is -0.429. The van der Waals surface area contributed by atoms with Gasteiger partial charge in [-0.3, -0.25) is 4.40 Å². The molecule has 0 aliphatic carbocycles. The van der Waals surface area contributed by atoms with Gasteiger partial charge < -0.3 is 10.0 Å². The Hall–Kier alpha value is -0.910. The van der Waals surface area contributed by atoms with Gasteiger partial charge in [0.05, 0.1) is 11.8 Å². The van der Waals surface area contributed by atoms with Crippen LogP contribution >= 0.6 is 11.3 Å². The molecule has 4 nitrogen and oxygen atoms in total. The maximum absolute atomic E-state index is 10.3. The lowest BCUT2D eigenvalue weighted by Crippen LogP contribution is -2.49. The lowest BCUT2D eigenvalue weighted by molar-refractivity contribution is 0.0177. The standard InChI is InChI=1S/C12H19N3OS/c1-12(2,14(3)4)10(16)7-9-8-15-5-6-17-11(15)13-9/h5-6,8,10,16H,7H2,1-4H3. The van der Waals surface area contributed by atoms with Crippen molar-refractivity contribution in [2.75, 3.05) is 14.1 Å². The molecule has 5 heteroatoms. The second-order valence-corrected chi connectivity index (χ2v) is 5.97. The Labute approximate surface area is 106 Å². The Morgan fingerprint density at radius 2 is 2.24 bits per heavy atom. The summed E-state index contributed by atoms with van der Waals surface area (Å²) in [7, 11) is 3.96. The van der Waals surface area contributed by atoms with Crippen molar-refractivity contribution >= 4 is 16.3 Å². The lowest BCUT2D eigenvalue weighted by Gasteiger charge is -2.36. The fraction of sp³-hybridized carbons (Fsp3) is 0.583. The van der Waals surface area contributed by atoms with E-state index in [1.165, 1.54) is 0 Å². The molecule has 1 atom stereocenters. The number of nitrogens with zero attached hydrogens (tertiary/aromatic N) is 3. The van der Waals surface area contributed by atoms with E-state index in [0.717, 1.165) is 10.7 Å². The summed E-state index contributed by atoms with van der Waals surface area (Å²) in [5.41, 5.74) is 0.691. The zero-order valence-corrected chi connectivity index (χ0v) is 11.5. The van der Waals surface area contributed by atoms with Crippen molar-refractivity contribution in [1.82, 2.24) is 14.3 Å². The number of thiazole rings is 1. The Balaban J connectivity index is 2.13. The van der Waals surface area contributed by atoms with Crippen LogP contribution in [-0.2, 0) is 6.42 Å². The van der Waals surface area contributed by atoms with Gasteiger partial charge >= 0.3 is 0 Å². The molecule has 0 aromatic carbocycles. The molecule has 2 rings (SSSR count). The summed E-state index contributed by atoms with van der Waals surface area (Å²) in [5.74, 6) is 0. The highest BCUT2D eigenvalue weighted by Gasteiger charge is 2.30. The van der Waals surface area contributed by atoms with Gasteiger partial charge in [0.1, 0.15) is 0 Å². The van der Waals surface area contributed by atoms with Gasteiger partial charge in [0.15, 0.2) is 4.96 Å². The normalized spacial score (nSPS) is 14.7. The molecule has 0 aliphatic heterocycles. The second kappa shape index (κ2) is 4.40. The van der Waals surface area contributed by atoms with E-state index in [1.807, 2.05) is 55.0 Å². The first kappa shape index (κ1) is 12.5. The van der Waals surface area contributed by atoms with E-state index < -0.39 is 6.10 Å². The van der Waals surface area contributed by atoms with Gasteiger partial charge in [-0.25, -0.2) is 4.98 Å². The number of hydrogen-bond donors (Lipinski definition) is 1. The summed E-state index contributed by atoms with van der Waals surface area (Å²) in [6.07, 6.45) is 4.13. The molecule has 0 amide bonds. The summed E-state index contributed by atoms with van der Waals surface area (Å²) >= 11 is 1.61. The van der Waals surface area contributed by atoms with E-state index in [0.29, 0.717) is 6.42 Å². The molecule has 94 valence electrons. The molecule has 2 aromatic heterocycles. The highest BCUT2D eigenvalue weighted by molar-refractivity contribution is 7.15. The van der Waals surface area contributed by atoms with Crippen LogP contribution in [0.4, 0.5) is 0 Å². The van der Waals surface area contributed by atoms with Crippen molar-refractivity contribution in [2.45, 2.75) is 31.9 Å². The third-order valence-electron chi connectivity index (χ3n) is 3.51. The van der Waals surface area contributed by atoms with Crippen LogP contribution < -0.4 is 0 Å². The molecule has 1 unspecified atom stereocenters. The summed E-state index contributed by atoms with van der Waals surface area (Å²) in [6, 6.07) is 0. The van der Waals surface area contributed by atoms with Crippen molar-refractivity contribution in [3.63, 3.8) is 0 Å². The highest BCUT2D eigenvalue weighted by Crippen LogP contribution is 2.20. The summed E-state index contributed by atoms with van der Waals surface area (Å²) in [4.78, 5) is 7.51. The molecule has 1 N–H and O–H groups in total. The van der Waals surface area contributed by atoms with E-state index in [2.05, 4.69) is 4.98 Å². The maximum Gasteiger partial charge on any atom is 0.193 e. The number of rotatable bonds is 4. The zero-order chi connectivity index (χ0) is 12.6. The number of aliphatic hydroxyl groups is 1. The van der Waals surface area contributed by atoms with Crippen molar-refractivity contribution in [1.29, 1.82) is 0 Å². The number of imidazole rings is 1. The van der Waals surface area contributed by atoms with Crippen LogP contribution in [-0.4, -0.2) is 45.1 Å². The van der Waals surface area contributed by atoms with E-state index in [1.54, 1.807) is 11.3 Å². The summed E-state index contributed by atoms with van der Waals surface area (Å²) < 4.78 is 2.00. The zero-order valence-electron chi connectivity index (χ0n) is 10.7. The number of aromatic nitrogens is 2. The van der Waals surface area contributed by atoms with E-state index in [4.69, 9.17) is 0 Å². The van der Waals surface area contributed by atoms with Gasteiger partial charge in [0.25, 0.3) is 0 Å². The molecule has 0 fully saturated rings. The Morgan fingerprint density at radius 3 is 2.82 bits per heavy atom. The maximum atomic E-state index is 10.3. The molecule has 0 bridgehead atoms. The molecule has 0 spiro atoms. The fourth-order valence-electron chi connectivity index (χ4n) is 1.62. The van der Waals surface area contributed by atoms with Crippen LogP contribution in [0.1, 0.15) is 19.5 Å². The largest absolute Gasteiger partial charge is 0.391 e. The summed E-state index contributed by atoms with van der Waals surface area (Å²) in [6.45, 7) is 4.08. The quantitative estimate of drug-likeness (QED) is 0.900. The van der Waals surface area contributed by atoms with Gasteiger partial charge in [-0.15, -0.1) is 11.3 Å². The smallest absolute Gasteiger partial charge is 0.193 e. The van der Waals surface area contributed by atoms with Crippen molar-refractivity contribution in [3.8, 4) is 0 Å². The third-order valence-corrected chi connectivity index (χ3v) is 4.28. The number of hydrogen-bond acceptors (Lipinski definition) is 4. The molecule has 0 saturated carbocycles. The van der Waals surface area contributed by atoms with E-state index in [-0.39, 0.29) is 5.54 Å². The van der Waals surface area contributed by atoms with Crippen LogP contribution in [0.5, 0.6) is 0 Å². The van der Waals surface area contributed by atoms with Crippen LogP contribution in [0.3, 0.4) is 0 Å². The first-order valence-corrected chi connectivity index (χ1v) is 6.56. The number of likely N-dealkylation sites (N-methyl/N-ethyl adjacent to an activating group) is 1. The average Bonchev–Trinajstić information content (AvgIpc) is 2.77. The molecule has 17 heavy (non-hydrogen) atoms. The lowest BCUT2D eigenvalue weighted by atomic mass is 9.92. The van der Waals surface area contributed by atoms with Crippen LogP contribution in [0.15, 0.2) is 17.8 Å². The minimum absolute atomic E-state index is 0.253. The molecule has 2 aromatic rings. The van der Waals surface area contributed by atoms with Gasteiger partial charge in [-0.2, -0.15) is 0 Å². The van der Waals surface area contributed by atoms with Gasteiger partial charge in [0.2, 0.25) is 0 Å². The minimum Gasteiger partial charge on any atom is -0.391 e. The first-order chi connectivity index (χ1) is 7.91. The predicted octanol–water partition coefficient (Wildman–Crippen LogP) is 1.64. The molecule has 0 saturated heterocycles. The van der Waals surface area contributed by atoms with Crippen molar-refractivity contribution in [3.05, 3.63) is 23.5 Å². The molecule has 2 heterocycles. The molecule has 0 aliphatic rings.